The molecule has 1 saturated heterocycles. The van der Waals surface area contributed by atoms with Crippen LogP contribution in [0.4, 0.5) is 14.6 Å². The second-order valence-electron chi connectivity index (χ2n) is 7.51. The van der Waals surface area contributed by atoms with Gasteiger partial charge < -0.3 is 15.2 Å². The summed E-state index contributed by atoms with van der Waals surface area (Å²) in [4.78, 5) is 27.2. The molecule has 1 aliphatic heterocycles. The van der Waals surface area contributed by atoms with Crippen LogP contribution < -0.4 is 10.6 Å². The molecule has 1 atom stereocenters. The fraction of sp³-hybridized carbons (Fsp3) is 0.476. The van der Waals surface area contributed by atoms with Crippen molar-refractivity contribution >= 4 is 17.6 Å². The first-order valence-corrected chi connectivity index (χ1v) is 10.2. The van der Waals surface area contributed by atoms with Crippen molar-refractivity contribution in [2.75, 3.05) is 18.4 Å². The van der Waals surface area contributed by atoms with Crippen LogP contribution in [0.5, 0.6) is 0 Å². The van der Waals surface area contributed by atoms with Crippen LogP contribution in [-0.4, -0.2) is 41.0 Å². The number of anilines is 1. The van der Waals surface area contributed by atoms with Gasteiger partial charge in [0.1, 0.15) is 17.7 Å². The van der Waals surface area contributed by atoms with E-state index in [1.165, 1.54) is 12.8 Å². The molecule has 1 aromatic carbocycles. The van der Waals surface area contributed by atoms with Gasteiger partial charge in [-0.25, -0.2) is 8.78 Å². The monoisotopic (exact) mass is 420 g/mol. The molecule has 0 bridgehead atoms. The van der Waals surface area contributed by atoms with Crippen molar-refractivity contribution in [3.63, 3.8) is 0 Å². The first kappa shape index (κ1) is 21.9. The Balaban J connectivity index is 1.56. The quantitative estimate of drug-likeness (QED) is 0.651. The minimum atomic E-state index is -0.792. The van der Waals surface area contributed by atoms with E-state index in [-0.39, 0.29) is 17.8 Å². The van der Waals surface area contributed by atoms with E-state index in [4.69, 9.17) is 4.52 Å². The molecule has 0 saturated carbocycles. The van der Waals surface area contributed by atoms with Crippen molar-refractivity contribution in [2.45, 2.75) is 51.6 Å². The van der Waals surface area contributed by atoms with Crippen molar-refractivity contribution in [1.82, 2.24) is 15.4 Å². The average Bonchev–Trinajstić information content (AvgIpc) is 3.33. The molecule has 9 heteroatoms. The van der Waals surface area contributed by atoms with Crippen molar-refractivity contribution in [3.8, 4) is 0 Å². The van der Waals surface area contributed by atoms with Gasteiger partial charge in [-0.1, -0.05) is 18.5 Å². The Labute approximate surface area is 173 Å². The minimum absolute atomic E-state index is 0.198. The third kappa shape index (κ3) is 6.35. The van der Waals surface area contributed by atoms with E-state index in [0.717, 1.165) is 31.3 Å². The molecule has 2 heterocycles. The van der Waals surface area contributed by atoms with Crippen LogP contribution in [0.3, 0.4) is 0 Å². The van der Waals surface area contributed by atoms with Gasteiger partial charge in [0.25, 0.3) is 0 Å². The number of carbonyl (C=O) groups excluding carboxylic acids is 2. The van der Waals surface area contributed by atoms with Crippen LogP contribution in [0, 0.1) is 11.6 Å². The highest BCUT2D eigenvalue weighted by molar-refractivity contribution is 5.96. The zero-order valence-electron chi connectivity index (χ0n) is 16.9. The van der Waals surface area contributed by atoms with Crippen molar-refractivity contribution < 1.29 is 22.9 Å². The number of amides is 2. The van der Waals surface area contributed by atoms with Gasteiger partial charge in [0.05, 0.1) is 13.0 Å². The molecule has 0 radical (unpaired) electrons. The Morgan fingerprint density at radius 1 is 1.17 bits per heavy atom. The van der Waals surface area contributed by atoms with Crippen LogP contribution in [0.15, 0.2) is 28.8 Å². The maximum atomic E-state index is 13.3. The molecule has 1 aliphatic rings. The number of hydrogen-bond acceptors (Lipinski definition) is 5. The number of benzene rings is 1. The molecular formula is C21H26F2N4O3. The smallest absolute Gasteiger partial charge is 0.248 e. The largest absolute Gasteiger partial charge is 0.358 e. The zero-order chi connectivity index (χ0) is 21.5. The number of rotatable bonds is 9. The summed E-state index contributed by atoms with van der Waals surface area (Å²) in [7, 11) is 0. The van der Waals surface area contributed by atoms with E-state index in [9.17, 15) is 18.4 Å². The fourth-order valence-electron chi connectivity index (χ4n) is 3.52. The first-order chi connectivity index (χ1) is 14.4. The Kier molecular flexibility index (Phi) is 7.51. The van der Waals surface area contributed by atoms with E-state index in [1.807, 2.05) is 6.92 Å². The summed E-state index contributed by atoms with van der Waals surface area (Å²) in [5, 5.41) is 9.17. The number of nitrogens with zero attached hydrogens (tertiary/aromatic N) is 2. The van der Waals surface area contributed by atoms with E-state index in [0.29, 0.717) is 25.1 Å². The predicted octanol–water partition coefficient (Wildman–Crippen LogP) is 3.01. The Morgan fingerprint density at radius 2 is 1.87 bits per heavy atom. The average molecular weight is 420 g/mol. The molecular weight excluding hydrogens is 394 g/mol. The molecule has 0 aliphatic carbocycles. The predicted molar refractivity (Wildman–Crippen MR) is 107 cm³/mol. The first-order valence-electron chi connectivity index (χ1n) is 10.2. The van der Waals surface area contributed by atoms with Gasteiger partial charge in [-0.2, -0.15) is 0 Å². The van der Waals surface area contributed by atoms with Crippen LogP contribution in [-0.2, 0) is 22.6 Å². The van der Waals surface area contributed by atoms with Crippen LogP contribution >= 0.6 is 0 Å². The number of halogens is 2. The Bertz CT molecular complexity index is 861. The summed E-state index contributed by atoms with van der Waals surface area (Å²) >= 11 is 0. The molecule has 2 N–H and O–H groups in total. The van der Waals surface area contributed by atoms with E-state index >= 15 is 0 Å². The summed E-state index contributed by atoms with van der Waals surface area (Å²) in [6.45, 7) is 4.56. The van der Waals surface area contributed by atoms with Crippen molar-refractivity contribution in [3.05, 3.63) is 47.2 Å². The summed E-state index contributed by atoms with van der Waals surface area (Å²) in [6.07, 6.45) is 3.17. The summed E-state index contributed by atoms with van der Waals surface area (Å²) < 4.78 is 31.9. The molecule has 0 spiro atoms. The van der Waals surface area contributed by atoms with Gasteiger partial charge in [0.2, 0.25) is 11.8 Å². The highest BCUT2D eigenvalue weighted by Crippen LogP contribution is 2.16. The fourth-order valence-corrected chi connectivity index (χ4v) is 3.52. The number of hydrogen-bond donors (Lipinski definition) is 2. The Morgan fingerprint density at radius 3 is 2.53 bits per heavy atom. The molecule has 2 aromatic rings. The summed E-state index contributed by atoms with van der Waals surface area (Å²) in [5.41, 5.74) is 0.198. The van der Waals surface area contributed by atoms with Crippen molar-refractivity contribution in [1.29, 1.82) is 0 Å². The van der Waals surface area contributed by atoms with Crippen LogP contribution in [0.2, 0.25) is 0 Å². The lowest BCUT2D eigenvalue weighted by Gasteiger charge is -2.17. The maximum absolute atomic E-state index is 13.3. The molecule has 30 heavy (non-hydrogen) atoms. The SMILES string of the molecule is CCCC(NC(=O)Cc1cc(F)cc(F)c1)C(=O)Nc1cc(CN2CCCC2)on1. The Hall–Kier alpha value is -2.81. The number of likely N-dealkylation sites (tertiary alicyclic amines) is 1. The lowest BCUT2D eigenvalue weighted by molar-refractivity contribution is -0.126. The molecule has 3 rings (SSSR count). The van der Waals surface area contributed by atoms with E-state index in [1.54, 1.807) is 6.07 Å². The summed E-state index contributed by atoms with van der Waals surface area (Å²) in [5.74, 6) is -1.47. The molecule has 162 valence electrons. The van der Waals surface area contributed by atoms with Gasteiger partial charge in [-0.3, -0.25) is 14.5 Å². The van der Waals surface area contributed by atoms with Gasteiger partial charge in [0, 0.05) is 12.1 Å². The second kappa shape index (κ2) is 10.3. The minimum Gasteiger partial charge on any atom is -0.358 e. The van der Waals surface area contributed by atoms with Crippen molar-refractivity contribution in [2.24, 2.45) is 0 Å². The molecule has 7 nitrogen and oxygen atoms in total. The highest BCUT2D eigenvalue weighted by atomic mass is 19.1. The lowest BCUT2D eigenvalue weighted by Crippen LogP contribution is -2.44. The topological polar surface area (TPSA) is 87.5 Å². The second-order valence-corrected chi connectivity index (χ2v) is 7.51. The molecule has 2 amide bonds. The number of carbonyl (C=O) groups is 2. The standard InChI is InChI=1S/C21H26F2N4O3/c1-2-5-18(24-20(28)10-14-8-15(22)11-16(23)9-14)21(29)25-19-12-17(30-26-19)13-27-6-3-4-7-27/h8-9,11-12,18H,2-7,10,13H2,1H3,(H,24,28)(H,25,26,29). The zero-order valence-corrected chi connectivity index (χ0v) is 16.9. The van der Waals surface area contributed by atoms with Gasteiger partial charge in [-0.05, 0) is 50.0 Å². The highest BCUT2D eigenvalue weighted by Gasteiger charge is 2.22. The van der Waals surface area contributed by atoms with E-state index in [2.05, 4.69) is 20.7 Å². The van der Waals surface area contributed by atoms with Gasteiger partial charge in [0.15, 0.2) is 11.6 Å². The number of nitrogens with one attached hydrogen (secondary N) is 2. The van der Waals surface area contributed by atoms with Gasteiger partial charge in [-0.15, -0.1) is 0 Å². The summed E-state index contributed by atoms with van der Waals surface area (Å²) in [6, 6.07) is 3.81. The molecule has 1 unspecified atom stereocenters. The van der Waals surface area contributed by atoms with E-state index < -0.39 is 29.5 Å². The number of aromatic nitrogens is 1. The third-order valence-corrected chi connectivity index (χ3v) is 4.90. The third-order valence-electron chi connectivity index (χ3n) is 4.90. The van der Waals surface area contributed by atoms with Crippen LogP contribution in [0.25, 0.3) is 0 Å². The lowest BCUT2D eigenvalue weighted by atomic mass is 10.1. The van der Waals surface area contributed by atoms with Gasteiger partial charge >= 0.3 is 0 Å². The maximum Gasteiger partial charge on any atom is 0.248 e. The van der Waals surface area contributed by atoms with Crippen LogP contribution in [0.1, 0.15) is 43.9 Å². The molecule has 1 fully saturated rings. The molecule has 1 aromatic heterocycles. The normalized spacial score (nSPS) is 15.2.